The van der Waals surface area contributed by atoms with E-state index in [1.807, 2.05) is 0 Å². The molecule has 3 aliphatic rings. The number of amides is 2. The first-order valence-corrected chi connectivity index (χ1v) is 12.7. The van der Waals surface area contributed by atoms with Gasteiger partial charge in [0.1, 0.15) is 5.54 Å². The van der Waals surface area contributed by atoms with E-state index in [1.54, 1.807) is 4.90 Å². The molecule has 206 valence electrons. The van der Waals surface area contributed by atoms with Gasteiger partial charge in [-0.25, -0.2) is 9.37 Å². The van der Waals surface area contributed by atoms with E-state index >= 15 is 0 Å². The summed E-state index contributed by atoms with van der Waals surface area (Å²) in [6, 6.07) is 2.55. The van der Waals surface area contributed by atoms with Crippen molar-refractivity contribution in [2.24, 2.45) is 11.7 Å². The van der Waals surface area contributed by atoms with Crippen LogP contribution in [0.5, 0.6) is 5.88 Å². The zero-order valence-corrected chi connectivity index (χ0v) is 20.9. The van der Waals surface area contributed by atoms with Crippen LogP contribution in [0.25, 0.3) is 11.3 Å². The van der Waals surface area contributed by atoms with Gasteiger partial charge in [0.2, 0.25) is 11.8 Å². The highest BCUT2D eigenvalue weighted by molar-refractivity contribution is 5.94. The predicted octanol–water partition coefficient (Wildman–Crippen LogP) is 3.32. The summed E-state index contributed by atoms with van der Waals surface area (Å²) in [4.78, 5) is 31.9. The Morgan fingerprint density at radius 3 is 2.53 bits per heavy atom. The Balaban J connectivity index is 1.20. The molecule has 2 aromatic heterocycles. The van der Waals surface area contributed by atoms with Crippen LogP contribution in [0.4, 0.5) is 17.6 Å². The molecule has 1 saturated heterocycles. The quantitative estimate of drug-likeness (QED) is 0.502. The van der Waals surface area contributed by atoms with E-state index in [-0.39, 0.29) is 66.6 Å². The van der Waals surface area contributed by atoms with Crippen molar-refractivity contribution in [3.05, 3.63) is 29.8 Å². The monoisotopic (exact) mass is 538 g/mol. The molecule has 1 aliphatic heterocycles. The third-order valence-electron chi connectivity index (χ3n) is 8.26. The fraction of sp³-hybridized carbons (Fsp3) is 0.600. The van der Waals surface area contributed by atoms with Crippen LogP contribution in [0, 0.1) is 11.7 Å². The minimum absolute atomic E-state index is 0.140. The predicted molar refractivity (Wildman–Crippen MR) is 127 cm³/mol. The molecule has 0 radical (unpaired) electrons. The van der Waals surface area contributed by atoms with Crippen molar-refractivity contribution in [3.8, 4) is 17.1 Å². The average Bonchev–Trinajstić information content (AvgIpc) is 3.46. The van der Waals surface area contributed by atoms with Gasteiger partial charge in [-0.05, 0) is 57.4 Å². The molecule has 2 amide bonds. The van der Waals surface area contributed by atoms with Crippen LogP contribution in [0.15, 0.2) is 18.3 Å². The van der Waals surface area contributed by atoms with Gasteiger partial charge >= 0.3 is 6.18 Å². The number of alkyl halides is 3. The van der Waals surface area contributed by atoms with Gasteiger partial charge in [-0.1, -0.05) is 0 Å². The number of aromatic amines is 1. The van der Waals surface area contributed by atoms with Gasteiger partial charge in [-0.15, -0.1) is 0 Å². The van der Waals surface area contributed by atoms with Crippen molar-refractivity contribution in [3.63, 3.8) is 0 Å². The first kappa shape index (κ1) is 26.4. The summed E-state index contributed by atoms with van der Waals surface area (Å²) in [7, 11) is 1.42. The number of nitrogens with one attached hydrogen (secondary N) is 2. The number of piperidine rings is 1. The van der Waals surface area contributed by atoms with Crippen LogP contribution in [0.3, 0.4) is 0 Å². The van der Waals surface area contributed by atoms with E-state index in [4.69, 9.17) is 10.5 Å². The number of aromatic nitrogens is 3. The molecule has 5 rings (SSSR count). The third kappa shape index (κ3) is 4.83. The standard InChI is InChI=1S/C25H30F4N6O3/c1-38-20-10-16(17(26)13-31-20)18-11-19(34-33-18)22(37)35-9-4-14(12-23(35)7-8-23)21(36)32-15-2-5-24(30,6-3-15)25(27,28)29/h10-11,13-15H,2-9,12,30H2,1H3,(H,32,36)(H,33,34)/t14-,15-,24+/m0/s1. The molecular weight excluding hydrogens is 508 g/mol. The summed E-state index contributed by atoms with van der Waals surface area (Å²) < 4.78 is 58.9. The van der Waals surface area contributed by atoms with Gasteiger partial charge in [0, 0.05) is 35.7 Å². The van der Waals surface area contributed by atoms with E-state index in [0.29, 0.717) is 25.1 Å². The van der Waals surface area contributed by atoms with Crippen molar-refractivity contribution in [1.29, 1.82) is 0 Å². The molecule has 1 atom stereocenters. The van der Waals surface area contributed by atoms with E-state index in [9.17, 15) is 27.2 Å². The van der Waals surface area contributed by atoms with E-state index < -0.39 is 23.1 Å². The molecule has 2 aliphatic carbocycles. The Labute approximate surface area is 216 Å². The van der Waals surface area contributed by atoms with Crippen LogP contribution in [0.2, 0.25) is 0 Å². The number of hydrogen-bond acceptors (Lipinski definition) is 6. The largest absolute Gasteiger partial charge is 0.481 e. The van der Waals surface area contributed by atoms with Gasteiger partial charge in [-0.2, -0.15) is 18.3 Å². The smallest absolute Gasteiger partial charge is 0.406 e. The van der Waals surface area contributed by atoms with Crippen LogP contribution < -0.4 is 15.8 Å². The van der Waals surface area contributed by atoms with Crippen LogP contribution in [-0.4, -0.2) is 68.8 Å². The Bertz CT molecular complexity index is 1220. The molecule has 3 fully saturated rings. The number of H-pyrrole nitrogens is 1. The van der Waals surface area contributed by atoms with E-state index in [1.165, 1.54) is 19.2 Å². The lowest BCUT2D eigenvalue weighted by molar-refractivity contribution is -0.194. The Kier molecular flexibility index (Phi) is 6.60. The number of hydrogen-bond donors (Lipinski definition) is 3. The Hall–Kier alpha value is -3.22. The fourth-order valence-electron chi connectivity index (χ4n) is 5.68. The SMILES string of the molecule is COc1cc(-c2cc(C(=O)N3CC[C@H](C(=O)N[C@H]4CC[C@](N)(C(F)(F)F)CC4)CC34CC4)n[nH]2)c(F)cn1. The van der Waals surface area contributed by atoms with Gasteiger partial charge in [0.25, 0.3) is 5.91 Å². The van der Waals surface area contributed by atoms with Crippen LogP contribution >= 0.6 is 0 Å². The zero-order valence-electron chi connectivity index (χ0n) is 20.9. The Morgan fingerprint density at radius 2 is 1.89 bits per heavy atom. The number of nitrogens with zero attached hydrogens (tertiary/aromatic N) is 3. The maximum atomic E-state index is 14.3. The first-order valence-electron chi connectivity index (χ1n) is 12.7. The fourth-order valence-corrected chi connectivity index (χ4v) is 5.68. The van der Waals surface area contributed by atoms with Gasteiger partial charge < -0.3 is 20.7 Å². The highest BCUT2D eigenvalue weighted by Gasteiger charge is 2.56. The van der Waals surface area contributed by atoms with Crippen molar-refractivity contribution in [1.82, 2.24) is 25.4 Å². The maximum absolute atomic E-state index is 14.3. The van der Waals surface area contributed by atoms with Crippen molar-refractivity contribution >= 4 is 11.8 Å². The highest BCUT2D eigenvalue weighted by Crippen LogP contribution is 2.50. The second-order valence-corrected chi connectivity index (χ2v) is 10.7. The summed E-state index contributed by atoms with van der Waals surface area (Å²) >= 11 is 0. The van der Waals surface area contributed by atoms with E-state index in [0.717, 1.165) is 19.0 Å². The van der Waals surface area contributed by atoms with Gasteiger partial charge in [0.15, 0.2) is 11.5 Å². The zero-order chi connectivity index (χ0) is 27.3. The number of nitrogens with two attached hydrogens (primary N) is 1. The summed E-state index contributed by atoms with van der Waals surface area (Å²) in [5.41, 5.74) is 3.53. The number of likely N-dealkylation sites (tertiary alicyclic amines) is 1. The summed E-state index contributed by atoms with van der Waals surface area (Å²) in [5.74, 6) is -1.19. The van der Waals surface area contributed by atoms with Gasteiger partial charge in [0.05, 0.1) is 19.0 Å². The molecule has 2 aromatic rings. The molecule has 3 heterocycles. The topological polar surface area (TPSA) is 126 Å². The number of methoxy groups -OCH3 is 1. The minimum atomic E-state index is -4.46. The molecule has 0 bridgehead atoms. The Morgan fingerprint density at radius 1 is 1.18 bits per heavy atom. The highest BCUT2D eigenvalue weighted by atomic mass is 19.4. The maximum Gasteiger partial charge on any atom is 0.406 e. The lowest BCUT2D eigenvalue weighted by Gasteiger charge is -2.41. The molecule has 0 aromatic carbocycles. The molecule has 0 unspecified atom stereocenters. The van der Waals surface area contributed by atoms with Crippen molar-refractivity contribution in [2.75, 3.05) is 13.7 Å². The van der Waals surface area contributed by atoms with Gasteiger partial charge in [-0.3, -0.25) is 14.7 Å². The molecule has 9 nitrogen and oxygen atoms in total. The molecule has 1 spiro atoms. The second-order valence-electron chi connectivity index (χ2n) is 10.7. The summed E-state index contributed by atoms with van der Waals surface area (Å²) in [6.45, 7) is 0.348. The van der Waals surface area contributed by atoms with Crippen molar-refractivity contribution < 1.29 is 31.9 Å². The summed E-state index contributed by atoms with van der Waals surface area (Å²) in [5, 5.41) is 9.73. The number of pyridine rings is 1. The lowest BCUT2D eigenvalue weighted by atomic mass is 9.79. The third-order valence-corrected chi connectivity index (χ3v) is 8.26. The average molecular weight is 539 g/mol. The molecule has 2 saturated carbocycles. The second kappa shape index (κ2) is 9.51. The summed E-state index contributed by atoms with van der Waals surface area (Å²) in [6.07, 6.45) is -1.11. The number of rotatable bonds is 5. The number of carbonyl (C=O) groups is 2. The van der Waals surface area contributed by atoms with Crippen LogP contribution in [-0.2, 0) is 4.79 Å². The normalized spacial score (nSPS) is 26.7. The first-order chi connectivity index (χ1) is 17.9. The molecule has 4 N–H and O–H groups in total. The van der Waals surface area contributed by atoms with Crippen LogP contribution in [0.1, 0.15) is 61.9 Å². The molecule has 13 heteroatoms. The molecular formula is C25H30F4N6O3. The van der Waals surface area contributed by atoms with Crippen molar-refractivity contribution in [2.45, 2.75) is 74.7 Å². The number of carbonyl (C=O) groups excluding carboxylic acids is 2. The number of ether oxygens (including phenoxy) is 1. The molecule has 38 heavy (non-hydrogen) atoms. The number of halogens is 4. The van der Waals surface area contributed by atoms with E-state index in [2.05, 4.69) is 20.5 Å². The minimum Gasteiger partial charge on any atom is -0.481 e. The lowest BCUT2D eigenvalue weighted by Crippen LogP contribution is -2.58.